The predicted octanol–water partition coefficient (Wildman–Crippen LogP) is 2.36. The first-order valence-corrected chi connectivity index (χ1v) is 5.59. The molecule has 0 aromatic carbocycles. The molecular weight excluding hydrogens is 242 g/mol. The van der Waals surface area contributed by atoms with E-state index in [1.807, 2.05) is 0 Å². The Morgan fingerprint density at radius 2 is 2.06 bits per heavy atom. The molecule has 0 bridgehead atoms. The summed E-state index contributed by atoms with van der Waals surface area (Å²) in [6.45, 7) is 3.55. The molecule has 1 rings (SSSR count). The zero-order chi connectivity index (χ0) is 13.0. The van der Waals surface area contributed by atoms with Gasteiger partial charge in [-0.25, -0.2) is 0 Å². The number of Topliss-reactive ketones (excluding diaryl/α,β-unsaturated/α-hetero) is 1. The molecule has 1 aromatic rings. The Bertz CT molecular complexity index is 432. The number of esters is 1. The number of methoxy groups -OCH3 is 1. The number of hydrogen-bond donors (Lipinski definition) is 0. The molecule has 0 aliphatic carbocycles. The number of ketones is 1. The maximum absolute atomic E-state index is 12.2. The molecule has 17 heavy (non-hydrogen) atoms. The van der Waals surface area contributed by atoms with Gasteiger partial charge in [0.25, 0.3) is 0 Å². The monoisotopic (exact) mass is 255 g/mol. The van der Waals surface area contributed by atoms with E-state index >= 15 is 0 Å². The molecule has 0 fully saturated rings. The molecule has 0 radical (unpaired) electrons. The van der Waals surface area contributed by atoms with E-state index in [0.29, 0.717) is 0 Å². The minimum absolute atomic E-state index is 0.110. The van der Waals surface area contributed by atoms with Crippen molar-refractivity contribution in [2.24, 2.45) is 11.8 Å². The van der Waals surface area contributed by atoms with Crippen LogP contribution >= 0.6 is 11.6 Å². The first-order valence-electron chi connectivity index (χ1n) is 5.21. The van der Waals surface area contributed by atoms with E-state index in [2.05, 4.69) is 9.72 Å². The topological polar surface area (TPSA) is 56.3 Å². The van der Waals surface area contributed by atoms with Gasteiger partial charge >= 0.3 is 5.97 Å². The second-order valence-electron chi connectivity index (χ2n) is 3.94. The van der Waals surface area contributed by atoms with Gasteiger partial charge in [0.1, 0.15) is 11.6 Å². The SMILES string of the molecule is COC(=O)C(C(=O)c1ncccc1Cl)C(C)C. The number of ether oxygens (including phenoxy) is 1. The van der Waals surface area contributed by atoms with Gasteiger partial charge in [-0.15, -0.1) is 0 Å². The third-order valence-electron chi connectivity index (χ3n) is 2.40. The van der Waals surface area contributed by atoms with Crippen LogP contribution in [0.4, 0.5) is 0 Å². The van der Waals surface area contributed by atoms with Crippen LogP contribution in [0.2, 0.25) is 5.02 Å². The van der Waals surface area contributed by atoms with E-state index in [-0.39, 0.29) is 16.6 Å². The van der Waals surface area contributed by atoms with Crippen molar-refractivity contribution in [1.29, 1.82) is 0 Å². The lowest BCUT2D eigenvalue weighted by Gasteiger charge is -2.16. The van der Waals surface area contributed by atoms with E-state index in [1.165, 1.54) is 13.3 Å². The Kier molecular flexibility index (Phi) is 4.63. The van der Waals surface area contributed by atoms with Crippen molar-refractivity contribution >= 4 is 23.4 Å². The van der Waals surface area contributed by atoms with Gasteiger partial charge in [-0.3, -0.25) is 14.6 Å². The quantitative estimate of drug-likeness (QED) is 0.471. The van der Waals surface area contributed by atoms with E-state index in [4.69, 9.17) is 11.6 Å². The number of aromatic nitrogens is 1. The maximum atomic E-state index is 12.2. The third-order valence-corrected chi connectivity index (χ3v) is 2.70. The van der Waals surface area contributed by atoms with Gasteiger partial charge in [-0.1, -0.05) is 25.4 Å². The van der Waals surface area contributed by atoms with E-state index < -0.39 is 17.7 Å². The summed E-state index contributed by atoms with van der Waals surface area (Å²) in [5.41, 5.74) is 0.110. The summed E-state index contributed by atoms with van der Waals surface area (Å²) in [5.74, 6) is -2.01. The third kappa shape index (κ3) is 3.03. The first-order chi connectivity index (χ1) is 7.99. The Balaban J connectivity index is 3.09. The van der Waals surface area contributed by atoms with Crippen molar-refractivity contribution in [2.75, 3.05) is 7.11 Å². The van der Waals surface area contributed by atoms with Gasteiger partial charge in [0, 0.05) is 6.20 Å². The molecule has 0 saturated heterocycles. The van der Waals surface area contributed by atoms with Crippen molar-refractivity contribution in [2.45, 2.75) is 13.8 Å². The molecule has 4 nitrogen and oxygen atoms in total. The van der Waals surface area contributed by atoms with Crippen LogP contribution in [0, 0.1) is 11.8 Å². The van der Waals surface area contributed by atoms with Gasteiger partial charge in [0.05, 0.1) is 12.1 Å². The molecule has 5 heteroatoms. The lowest BCUT2D eigenvalue weighted by molar-refractivity contribution is -0.144. The number of carbonyl (C=O) groups is 2. The Labute approximate surface area is 105 Å². The number of carbonyl (C=O) groups excluding carboxylic acids is 2. The van der Waals surface area contributed by atoms with Crippen molar-refractivity contribution in [1.82, 2.24) is 4.98 Å². The van der Waals surface area contributed by atoms with Crippen LogP contribution in [0.5, 0.6) is 0 Å². The minimum Gasteiger partial charge on any atom is -0.468 e. The molecule has 1 aromatic heterocycles. The van der Waals surface area contributed by atoms with Gasteiger partial charge in [0.15, 0.2) is 5.78 Å². The highest BCUT2D eigenvalue weighted by molar-refractivity contribution is 6.34. The van der Waals surface area contributed by atoms with E-state index in [1.54, 1.807) is 26.0 Å². The lowest BCUT2D eigenvalue weighted by atomic mass is 9.90. The number of rotatable bonds is 4. The molecule has 0 aliphatic rings. The van der Waals surface area contributed by atoms with Crippen molar-refractivity contribution in [3.63, 3.8) is 0 Å². The van der Waals surface area contributed by atoms with Crippen LogP contribution in [0.1, 0.15) is 24.3 Å². The van der Waals surface area contributed by atoms with Crippen molar-refractivity contribution < 1.29 is 14.3 Å². The van der Waals surface area contributed by atoms with Crippen molar-refractivity contribution in [3.05, 3.63) is 29.0 Å². The summed E-state index contributed by atoms with van der Waals surface area (Å²) in [5, 5.41) is 0.243. The second-order valence-corrected chi connectivity index (χ2v) is 4.35. The molecule has 1 atom stereocenters. The maximum Gasteiger partial charge on any atom is 0.316 e. The lowest BCUT2D eigenvalue weighted by Crippen LogP contribution is -2.30. The zero-order valence-corrected chi connectivity index (χ0v) is 10.7. The number of halogens is 1. The highest BCUT2D eigenvalue weighted by Gasteiger charge is 2.33. The van der Waals surface area contributed by atoms with E-state index in [0.717, 1.165) is 0 Å². The largest absolute Gasteiger partial charge is 0.468 e. The molecule has 0 spiro atoms. The van der Waals surface area contributed by atoms with Crippen LogP contribution < -0.4 is 0 Å². The Morgan fingerprint density at radius 1 is 1.41 bits per heavy atom. The first kappa shape index (κ1) is 13.6. The normalized spacial score (nSPS) is 12.3. The van der Waals surface area contributed by atoms with Crippen LogP contribution in [0.3, 0.4) is 0 Å². The highest BCUT2D eigenvalue weighted by Crippen LogP contribution is 2.22. The molecule has 0 saturated carbocycles. The summed E-state index contributed by atoms with van der Waals surface area (Å²) in [7, 11) is 1.25. The molecule has 0 amide bonds. The summed E-state index contributed by atoms with van der Waals surface area (Å²) in [6.07, 6.45) is 1.47. The van der Waals surface area contributed by atoms with Gasteiger partial charge in [0.2, 0.25) is 0 Å². The average Bonchev–Trinajstić information content (AvgIpc) is 2.28. The highest BCUT2D eigenvalue weighted by atomic mass is 35.5. The van der Waals surface area contributed by atoms with Gasteiger partial charge in [-0.05, 0) is 18.1 Å². The van der Waals surface area contributed by atoms with Crippen molar-refractivity contribution in [3.8, 4) is 0 Å². The molecule has 92 valence electrons. The summed E-state index contributed by atoms with van der Waals surface area (Å²) < 4.78 is 4.63. The molecular formula is C12H14ClNO3. The van der Waals surface area contributed by atoms with E-state index in [9.17, 15) is 9.59 Å². The van der Waals surface area contributed by atoms with Crippen LogP contribution in [-0.2, 0) is 9.53 Å². The fourth-order valence-electron chi connectivity index (χ4n) is 1.52. The Morgan fingerprint density at radius 3 is 2.53 bits per heavy atom. The fraction of sp³-hybridized carbons (Fsp3) is 0.417. The average molecular weight is 256 g/mol. The number of pyridine rings is 1. The summed E-state index contributed by atoms with van der Waals surface area (Å²) >= 11 is 5.88. The molecule has 0 N–H and O–H groups in total. The second kappa shape index (κ2) is 5.77. The summed E-state index contributed by atoms with van der Waals surface area (Å²) in [4.78, 5) is 27.6. The molecule has 1 heterocycles. The van der Waals surface area contributed by atoms with Crippen LogP contribution in [0.15, 0.2) is 18.3 Å². The number of hydrogen-bond acceptors (Lipinski definition) is 4. The van der Waals surface area contributed by atoms with Crippen LogP contribution in [0.25, 0.3) is 0 Å². The van der Waals surface area contributed by atoms with Gasteiger partial charge < -0.3 is 4.74 Å². The predicted molar refractivity (Wildman–Crippen MR) is 63.9 cm³/mol. The fourth-order valence-corrected chi connectivity index (χ4v) is 1.74. The minimum atomic E-state index is -0.868. The van der Waals surface area contributed by atoms with Gasteiger partial charge in [-0.2, -0.15) is 0 Å². The summed E-state index contributed by atoms with van der Waals surface area (Å²) in [6, 6.07) is 3.19. The molecule has 0 aliphatic heterocycles. The standard InChI is InChI=1S/C12H14ClNO3/c1-7(2)9(12(16)17-3)11(15)10-8(13)5-4-6-14-10/h4-7,9H,1-3H3. The van der Waals surface area contributed by atoms with Crippen LogP contribution in [-0.4, -0.2) is 23.8 Å². The smallest absolute Gasteiger partial charge is 0.316 e. The molecule has 1 unspecified atom stereocenters. The zero-order valence-electron chi connectivity index (χ0n) is 9.94. The Hall–Kier alpha value is -1.42. The number of nitrogens with zero attached hydrogens (tertiary/aromatic N) is 1.